The average molecular weight is 268 g/mol. The van der Waals surface area contributed by atoms with E-state index in [0.717, 1.165) is 6.42 Å². The Morgan fingerprint density at radius 1 is 0.737 bits per heavy atom. The summed E-state index contributed by atoms with van der Waals surface area (Å²) in [4.78, 5) is 0. The highest BCUT2D eigenvalue weighted by atomic mass is 16.2. The molecule has 0 saturated carbocycles. The minimum absolute atomic E-state index is 0.301. The fourth-order valence-electron chi connectivity index (χ4n) is 2.51. The molecule has 19 heavy (non-hydrogen) atoms. The van der Waals surface area contributed by atoms with Crippen LogP contribution in [0.2, 0.25) is 0 Å². The fraction of sp³-hybridized carbons (Fsp3) is 0.889. The van der Waals surface area contributed by atoms with Crippen molar-refractivity contribution in [2.45, 2.75) is 97.3 Å². The van der Waals surface area contributed by atoms with Gasteiger partial charge in [-0.25, -0.2) is 0 Å². The zero-order valence-corrected chi connectivity index (χ0v) is 13.4. The first-order valence-corrected chi connectivity index (χ1v) is 8.63. The zero-order chi connectivity index (χ0) is 14.2. The van der Waals surface area contributed by atoms with Gasteiger partial charge in [-0.05, 0) is 32.1 Å². The van der Waals surface area contributed by atoms with E-state index in [0.29, 0.717) is 6.61 Å². The van der Waals surface area contributed by atoms with E-state index in [1.54, 1.807) is 5.57 Å². The van der Waals surface area contributed by atoms with Gasteiger partial charge < -0.3 is 5.11 Å². The first kappa shape index (κ1) is 18.7. The second-order valence-corrected chi connectivity index (χ2v) is 5.70. The molecule has 0 aliphatic heterocycles. The van der Waals surface area contributed by atoms with Gasteiger partial charge in [0.25, 0.3) is 0 Å². The number of rotatable bonds is 14. The summed E-state index contributed by atoms with van der Waals surface area (Å²) in [6.45, 7) is 4.83. The molecule has 0 aliphatic carbocycles. The van der Waals surface area contributed by atoms with Gasteiger partial charge in [-0.1, -0.05) is 76.9 Å². The molecule has 0 aliphatic rings. The van der Waals surface area contributed by atoms with Crippen LogP contribution < -0.4 is 0 Å². The average Bonchev–Trinajstić information content (AvgIpc) is 2.43. The van der Waals surface area contributed by atoms with Crippen molar-refractivity contribution in [3.8, 4) is 0 Å². The Morgan fingerprint density at radius 2 is 1.21 bits per heavy atom. The molecule has 0 aromatic carbocycles. The highest BCUT2D eigenvalue weighted by Gasteiger charge is 1.99. The number of allylic oxidation sites excluding steroid dienone is 1. The molecule has 0 spiro atoms. The predicted octanol–water partition coefficient (Wildman–Crippen LogP) is 6.02. The zero-order valence-electron chi connectivity index (χ0n) is 13.4. The van der Waals surface area contributed by atoms with Gasteiger partial charge in [-0.15, -0.1) is 0 Å². The largest absolute Gasteiger partial charge is 0.396 e. The summed E-state index contributed by atoms with van der Waals surface area (Å²) < 4.78 is 0. The van der Waals surface area contributed by atoms with Gasteiger partial charge in [0.2, 0.25) is 0 Å². The molecule has 0 amide bonds. The smallest absolute Gasteiger partial charge is 0.0465 e. The van der Waals surface area contributed by atoms with Crippen LogP contribution in [0.1, 0.15) is 97.3 Å². The van der Waals surface area contributed by atoms with Crippen molar-refractivity contribution in [3.05, 3.63) is 11.6 Å². The molecule has 0 radical (unpaired) electrons. The van der Waals surface area contributed by atoms with E-state index in [2.05, 4.69) is 19.9 Å². The molecule has 114 valence electrons. The lowest BCUT2D eigenvalue weighted by Gasteiger charge is -2.08. The Balaban J connectivity index is 3.70. The van der Waals surface area contributed by atoms with Crippen molar-refractivity contribution in [1.82, 2.24) is 0 Å². The molecular weight excluding hydrogens is 232 g/mol. The Labute approximate surface area is 121 Å². The minimum atomic E-state index is 0.301. The number of unbranched alkanes of at least 4 members (excludes halogenated alkanes) is 8. The molecule has 0 atom stereocenters. The number of aliphatic hydroxyl groups excluding tert-OH is 1. The summed E-state index contributed by atoms with van der Waals surface area (Å²) >= 11 is 0. The molecule has 0 saturated heterocycles. The van der Waals surface area contributed by atoms with Crippen LogP contribution in [0, 0.1) is 0 Å². The van der Waals surface area contributed by atoms with Crippen molar-refractivity contribution in [3.63, 3.8) is 0 Å². The quantitative estimate of drug-likeness (QED) is 0.302. The predicted molar refractivity (Wildman–Crippen MR) is 86.5 cm³/mol. The van der Waals surface area contributed by atoms with E-state index in [-0.39, 0.29) is 0 Å². The fourth-order valence-corrected chi connectivity index (χ4v) is 2.51. The van der Waals surface area contributed by atoms with Crippen molar-refractivity contribution in [2.75, 3.05) is 6.61 Å². The van der Waals surface area contributed by atoms with Crippen molar-refractivity contribution in [2.24, 2.45) is 0 Å². The third-order valence-corrected chi connectivity index (χ3v) is 3.77. The maximum atomic E-state index is 8.95. The first-order valence-electron chi connectivity index (χ1n) is 8.63. The van der Waals surface area contributed by atoms with Crippen LogP contribution in [-0.4, -0.2) is 11.7 Å². The Morgan fingerprint density at radius 3 is 1.63 bits per heavy atom. The third-order valence-electron chi connectivity index (χ3n) is 3.77. The highest BCUT2D eigenvalue weighted by Crippen LogP contribution is 2.18. The number of hydrogen-bond donors (Lipinski definition) is 1. The van der Waals surface area contributed by atoms with Crippen LogP contribution in [-0.2, 0) is 0 Å². The lowest BCUT2D eigenvalue weighted by molar-refractivity contribution is 0.302. The molecule has 0 rings (SSSR count). The lowest BCUT2D eigenvalue weighted by atomic mass is 9.99. The number of aliphatic hydroxyl groups is 1. The summed E-state index contributed by atoms with van der Waals surface area (Å²) in [6.07, 6.45) is 19.3. The summed E-state index contributed by atoms with van der Waals surface area (Å²) in [6, 6.07) is 0. The highest BCUT2D eigenvalue weighted by molar-refractivity contribution is 5.01. The normalized spacial score (nSPS) is 10.7. The molecule has 0 unspecified atom stereocenters. The summed E-state index contributed by atoms with van der Waals surface area (Å²) in [5, 5.41) is 8.95. The SMILES string of the molecule is CCCCCCCC(=CCCO)CCCCCCC. The van der Waals surface area contributed by atoms with E-state index in [1.165, 1.54) is 77.0 Å². The van der Waals surface area contributed by atoms with E-state index in [4.69, 9.17) is 5.11 Å². The van der Waals surface area contributed by atoms with E-state index in [1.807, 2.05) is 0 Å². The van der Waals surface area contributed by atoms with Crippen molar-refractivity contribution >= 4 is 0 Å². The van der Waals surface area contributed by atoms with Gasteiger partial charge in [-0.2, -0.15) is 0 Å². The topological polar surface area (TPSA) is 20.2 Å². The maximum Gasteiger partial charge on any atom is 0.0465 e. The molecule has 0 fully saturated rings. The summed E-state index contributed by atoms with van der Waals surface area (Å²) in [5.41, 5.74) is 1.60. The molecule has 1 nitrogen and oxygen atoms in total. The van der Waals surface area contributed by atoms with Crippen LogP contribution in [0.5, 0.6) is 0 Å². The molecule has 0 heterocycles. The Bertz CT molecular complexity index is 180. The van der Waals surface area contributed by atoms with Crippen molar-refractivity contribution < 1.29 is 5.11 Å². The Hall–Kier alpha value is -0.300. The first-order chi connectivity index (χ1) is 9.35. The van der Waals surface area contributed by atoms with Crippen LogP contribution in [0.4, 0.5) is 0 Å². The van der Waals surface area contributed by atoms with Gasteiger partial charge in [0.05, 0.1) is 0 Å². The van der Waals surface area contributed by atoms with Gasteiger partial charge >= 0.3 is 0 Å². The monoisotopic (exact) mass is 268 g/mol. The maximum absolute atomic E-state index is 8.95. The Kier molecular flexibility index (Phi) is 15.5. The van der Waals surface area contributed by atoms with E-state index in [9.17, 15) is 0 Å². The summed E-state index contributed by atoms with van der Waals surface area (Å²) in [5.74, 6) is 0. The van der Waals surface area contributed by atoms with Crippen molar-refractivity contribution in [1.29, 1.82) is 0 Å². The minimum Gasteiger partial charge on any atom is -0.396 e. The van der Waals surface area contributed by atoms with Crippen LogP contribution in [0.3, 0.4) is 0 Å². The van der Waals surface area contributed by atoms with E-state index >= 15 is 0 Å². The third kappa shape index (κ3) is 13.9. The number of hydrogen-bond acceptors (Lipinski definition) is 1. The second-order valence-electron chi connectivity index (χ2n) is 5.70. The van der Waals surface area contributed by atoms with Crippen LogP contribution in [0.25, 0.3) is 0 Å². The van der Waals surface area contributed by atoms with E-state index < -0.39 is 0 Å². The second kappa shape index (κ2) is 15.8. The van der Waals surface area contributed by atoms with Gasteiger partial charge in [0, 0.05) is 6.61 Å². The molecule has 1 N–H and O–H groups in total. The molecule has 0 bridgehead atoms. The van der Waals surface area contributed by atoms with Gasteiger partial charge in [0.15, 0.2) is 0 Å². The standard InChI is InChI=1S/C18H36O/c1-3-5-7-9-11-14-18(16-13-17-19)15-12-10-8-6-4-2/h16,19H,3-15,17H2,1-2H3. The van der Waals surface area contributed by atoms with Gasteiger partial charge in [0.1, 0.15) is 0 Å². The van der Waals surface area contributed by atoms with Gasteiger partial charge in [-0.3, -0.25) is 0 Å². The summed E-state index contributed by atoms with van der Waals surface area (Å²) in [7, 11) is 0. The molecule has 1 heteroatoms. The molecule has 0 aromatic heterocycles. The lowest BCUT2D eigenvalue weighted by Crippen LogP contribution is -1.89. The molecule has 0 aromatic rings. The van der Waals surface area contributed by atoms with Crippen LogP contribution >= 0.6 is 0 Å². The van der Waals surface area contributed by atoms with Crippen LogP contribution in [0.15, 0.2) is 11.6 Å². The molecular formula is C18H36O.